The average Bonchev–Trinajstić information content (AvgIpc) is 2.26. The highest BCUT2D eigenvalue weighted by Crippen LogP contribution is 2.31. The second kappa shape index (κ2) is 6.78. The molecule has 0 heterocycles. The molecule has 0 aliphatic carbocycles. The molecule has 0 spiro atoms. The van der Waals surface area contributed by atoms with Crippen LogP contribution in [0.2, 0.25) is 0 Å². The highest BCUT2D eigenvalue weighted by Gasteiger charge is 2.30. The first-order chi connectivity index (χ1) is 8.51. The van der Waals surface area contributed by atoms with Crippen molar-refractivity contribution in [3.05, 3.63) is 35.4 Å². The van der Waals surface area contributed by atoms with Crippen molar-refractivity contribution in [3.8, 4) is 0 Å². The van der Waals surface area contributed by atoms with Gasteiger partial charge in [-0.15, -0.1) is 12.4 Å². The van der Waals surface area contributed by atoms with Crippen molar-refractivity contribution in [1.29, 1.82) is 0 Å². The van der Waals surface area contributed by atoms with Crippen LogP contribution in [0, 0.1) is 5.41 Å². The van der Waals surface area contributed by atoms with E-state index in [-0.39, 0.29) is 23.9 Å². The number of aliphatic hydroxyl groups is 1. The maximum Gasteiger partial charge on any atom is 0.416 e. The molecule has 2 nitrogen and oxygen atoms in total. The number of hydrogen-bond donors (Lipinski definition) is 2. The summed E-state index contributed by atoms with van der Waals surface area (Å²) in [6, 6.07) is 4.30. The van der Waals surface area contributed by atoms with Crippen molar-refractivity contribution in [2.75, 3.05) is 0 Å². The predicted molar refractivity (Wildman–Crippen MR) is 75.7 cm³/mol. The number of rotatable bonds is 3. The molecule has 0 fully saturated rings. The van der Waals surface area contributed by atoms with Crippen molar-refractivity contribution in [2.45, 2.75) is 45.5 Å². The van der Waals surface area contributed by atoms with E-state index in [4.69, 9.17) is 5.73 Å². The molecular weight excluding hydrogens is 291 g/mol. The minimum Gasteiger partial charge on any atom is -0.388 e. The summed E-state index contributed by atoms with van der Waals surface area (Å²) in [5.74, 6) is 0. The van der Waals surface area contributed by atoms with E-state index in [0.717, 1.165) is 12.1 Å². The van der Waals surface area contributed by atoms with Crippen LogP contribution >= 0.6 is 12.4 Å². The van der Waals surface area contributed by atoms with Crippen LogP contribution < -0.4 is 5.73 Å². The molecule has 1 aromatic carbocycles. The molecule has 0 amide bonds. The van der Waals surface area contributed by atoms with Gasteiger partial charge in [0.05, 0.1) is 11.7 Å². The van der Waals surface area contributed by atoms with Gasteiger partial charge in [-0.3, -0.25) is 0 Å². The predicted octanol–water partition coefficient (Wildman–Crippen LogP) is 3.92. The molecular formula is C14H21ClF3NO. The van der Waals surface area contributed by atoms with Gasteiger partial charge in [0.2, 0.25) is 0 Å². The Labute approximate surface area is 123 Å². The zero-order valence-electron chi connectivity index (χ0n) is 11.7. The monoisotopic (exact) mass is 311 g/mol. The molecule has 0 bridgehead atoms. The first-order valence-electron chi connectivity index (χ1n) is 6.12. The van der Waals surface area contributed by atoms with E-state index in [2.05, 4.69) is 0 Å². The van der Waals surface area contributed by atoms with Crippen LogP contribution in [0.4, 0.5) is 13.2 Å². The second-order valence-corrected chi connectivity index (χ2v) is 5.84. The first kappa shape index (κ1) is 19.2. The number of aliphatic hydroxyl groups excluding tert-OH is 1. The molecule has 0 saturated carbocycles. The van der Waals surface area contributed by atoms with Gasteiger partial charge in [-0.05, 0) is 29.5 Å². The van der Waals surface area contributed by atoms with Gasteiger partial charge in [-0.2, -0.15) is 13.2 Å². The Morgan fingerprint density at radius 1 is 1.10 bits per heavy atom. The molecule has 1 rings (SSSR count). The summed E-state index contributed by atoms with van der Waals surface area (Å²) >= 11 is 0. The summed E-state index contributed by atoms with van der Waals surface area (Å²) in [5.41, 5.74) is 5.52. The lowest BCUT2D eigenvalue weighted by Gasteiger charge is -2.29. The Hall–Kier alpha value is -0.780. The molecule has 2 atom stereocenters. The fourth-order valence-corrected chi connectivity index (χ4v) is 1.62. The van der Waals surface area contributed by atoms with Gasteiger partial charge in [0.1, 0.15) is 0 Å². The number of benzene rings is 1. The Bertz CT molecular complexity index is 412. The number of halogens is 4. The van der Waals surface area contributed by atoms with E-state index in [1.807, 2.05) is 20.8 Å². The zero-order valence-corrected chi connectivity index (χ0v) is 12.6. The van der Waals surface area contributed by atoms with Gasteiger partial charge in [0, 0.05) is 6.04 Å². The van der Waals surface area contributed by atoms with Crippen molar-refractivity contribution in [1.82, 2.24) is 0 Å². The van der Waals surface area contributed by atoms with Gasteiger partial charge in [-0.1, -0.05) is 32.9 Å². The van der Waals surface area contributed by atoms with Crippen LogP contribution in [0.25, 0.3) is 0 Å². The van der Waals surface area contributed by atoms with Crippen LogP contribution in [-0.4, -0.2) is 11.1 Å². The fourth-order valence-electron chi connectivity index (χ4n) is 1.62. The standard InChI is InChI=1S/C14H20F3NO.ClH/c1-13(2,3)12(18)8-11(19)9-4-6-10(7-5-9)14(15,16)17;/h4-7,11-12,19H,8,18H2,1-3H3;1H/t11-,12+;/m0./s1. The molecule has 3 N–H and O–H groups in total. The van der Waals surface area contributed by atoms with Crippen LogP contribution in [0.3, 0.4) is 0 Å². The lowest BCUT2D eigenvalue weighted by Crippen LogP contribution is -2.36. The Morgan fingerprint density at radius 2 is 1.55 bits per heavy atom. The quantitative estimate of drug-likeness (QED) is 0.888. The summed E-state index contributed by atoms with van der Waals surface area (Å²) in [7, 11) is 0. The van der Waals surface area contributed by atoms with E-state index in [0.29, 0.717) is 12.0 Å². The maximum atomic E-state index is 12.4. The first-order valence-corrected chi connectivity index (χ1v) is 6.12. The summed E-state index contributed by atoms with van der Waals surface area (Å²) < 4.78 is 37.2. The van der Waals surface area contributed by atoms with Crippen LogP contribution in [-0.2, 0) is 6.18 Å². The van der Waals surface area contributed by atoms with Crippen LogP contribution in [0.1, 0.15) is 44.4 Å². The summed E-state index contributed by atoms with van der Waals surface area (Å²) in [6.45, 7) is 5.87. The topological polar surface area (TPSA) is 46.2 Å². The fraction of sp³-hybridized carbons (Fsp3) is 0.571. The number of hydrogen-bond acceptors (Lipinski definition) is 2. The highest BCUT2D eigenvalue weighted by atomic mass is 35.5. The van der Waals surface area contributed by atoms with Crippen LogP contribution in [0.5, 0.6) is 0 Å². The van der Waals surface area contributed by atoms with Gasteiger partial charge >= 0.3 is 6.18 Å². The zero-order chi connectivity index (χ0) is 14.8. The van der Waals surface area contributed by atoms with E-state index in [9.17, 15) is 18.3 Å². The van der Waals surface area contributed by atoms with E-state index in [1.165, 1.54) is 12.1 Å². The third kappa shape index (κ3) is 5.31. The maximum absolute atomic E-state index is 12.4. The van der Waals surface area contributed by atoms with Gasteiger partial charge < -0.3 is 10.8 Å². The lowest BCUT2D eigenvalue weighted by atomic mass is 9.83. The summed E-state index contributed by atoms with van der Waals surface area (Å²) in [5, 5.41) is 9.99. The molecule has 0 unspecified atom stereocenters. The van der Waals surface area contributed by atoms with E-state index in [1.54, 1.807) is 0 Å². The minimum absolute atomic E-state index is 0. The molecule has 116 valence electrons. The molecule has 0 radical (unpaired) electrons. The smallest absolute Gasteiger partial charge is 0.388 e. The van der Waals surface area contributed by atoms with Crippen molar-refractivity contribution in [3.63, 3.8) is 0 Å². The van der Waals surface area contributed by atoms with Gasteiger partial charge in [-0.25, -0.2) is 0 Å². The third-order valence-electron chi connectivity index (χ3n) is 3.21. The third-order valence-corrected chi connectivity index (χ3v) is 3.21. The van der Waals surface area contributed by atoms with E-state index < -0.39 is 17.8 Å². The lowest BCUT2D eigenvalue weighted by molar-refractivity contribution is -0.137. The summed E-state index contributed by atoms with van der Waals surface area (Å²) in [4.78, 5) is 0. The molecule has 0 saturated heterocycles. The van der Waals surface area contributed by atoms with Crippen molar-refractivity contribution in [2.24, 2.45) is 11.1 Å². The second-order valence-electron chi connectivity index (χ2n) is 5.84. The van der Waals surface area contributed by atoms with E-state index >= 15 is 0 Å². The largest absolute Gasteiger partial charge is 0.416 e. The molecule has 6 heteroatoms. The average molecular weight is 312 g/mol. The van der Waals surface area contributed by atoms with Crippen molar-refractivity contribution >= 4 is 12.4 Å². The Morgan fingerprint density at radius 3 is 1.90 bits per heavy atom. The van der Waals surface area contributed by atoms with Crippen molar-refractivity contribution < 1.29 is 18.3 Å². The minimum atomic E-state index is -4.36. The van der Waals surface area contributed by atoms with Gasteiger partial charge in [0.15, 0.2) is 0 Å². The normalized spacial score (nSPS) is 15.4. The molecule has 1 aromatic rings. The molecule has 0 aromatic heterocycles. The highest BCUT2D eigenvalue weighted by molar-refractivity contribution is 5.85. The van der Waals surface area contributed by atoms with Crippen LogP contribution in [0.15, 0.2) is 24.3 Å². The SMILES string of the molecule is CC(C)(C)[C@H](N)C[C@H](O)c1ccc(C(F)(F)F)cc1.Cl. The number of nitrogens with two attached hydrogens (primary N) is 1. The summed E-state index contributed by atoms with van der Waals surface area (Å²) in [6.07, 6.45) is -4.89. The Kier molecular flexibility index (Phi) is 6.52. The van der Waals surface area contributed by atoms with Gasteiger partial charge in [0.25, 0.3) is 0 Å². The molecule has 0 aliphatic heterocycles. The number of alkyl halides is 3. The molecule has 0 aliphatic rings. The Balaban J connectivity index is 0.00000361. The molecule has 20 heavy (non-hydrogen) atoms.